The Bertz CT molecular complexity index is 1400. The van der Waals surface area contributed by atoms with E-state index in [1.807, 2.05) is 53.8 Å². The Morgan fingerprint density at radius 3 is 2.59 bits per heavy atom. The van der Waals surface area contributed by atoms with Crippen molar-refractivity contribution < 1.29 is 4.79 Å². The number of hydrogen-bond acceptors (Lipinski definition) is 5. The summed E-state index contributed by atoms with van der Waals surface area (Å²) in [6.45, 7) is 1.31. The second-order valence-electron chi connectivity index (χ2n) is 8.47. The van der Waals surface area contributed by atoms with Crippen LogP contribution in [0, 0.1) is 11.3 Å². The summed E-state index contributed by atoms with van der Waals surface area (Å²) in [5.41, 5.74) is 4.59. The molecule has 168 valence electrons. The summed E-state index contributed by atoms with van der Waals surface area (Å²) in [6, 6.07) is 18.7. The molecule has 1 N–H and O–H groups in total. The van der Waals surface area contributed by atoms with E-state index < -0.39 is 0 Å². The molecule has 0 radical (unpaired) electrons. The SMILES string of the molecule is Bc1cnn2c(NC3CCN(C(=O)c4ccc(C#N)cc4)CC3)cc(-c3ccccc3Cl)nc12. The Labute approximate surface area is 203 Å². The van der Waals surface area contributed by atoms with Gasteiger partial charge < -0.3 is 10.2 Å². The van der Waals surface area contributed by atoms with Crippen molar-refractivity contribution in [1.82, 2.24) is 19.5 Å². The predicted octanol–water partition coefficient (Wildman–Crippen LogP) is 2.90. The normalized spacial score (nSPS) is 14.2. The predicted molar refractivity (Wildman–Crippen MR) is 135 cm³/mol. The fraction of sp³-hybridized carbons (Fsp3) is 0.200. The van der Waals surface area contributed by atoms with Gasteiger partial charge in [0.25, 0.3) is 5.91 Å². The van der Waals surface area contributed by atoms with E-state index in [-0.39, 0.29) is 11.9 Å². The highest BCUT2D eigenvalue weighted by atomic mass is 35.5. The number of piperidine rings is 1. The molecule has 34 heavy (non-hydrogen) atoms. The molecule has 0 unspecified atom stereocenters. The van der Waals surface area contributed by atoms with Gasteiger partial charge >= 0.3 is 0 Å². The third kappa shape index (κ3) is 4.23. The van der Waals surface area contributed by atoms with Crippen LogP contribution < -0.4 is 10.8 Å². The summed E-state index contributed by atoms with van der Waals surface area (Å²) in [5, 5.41) is 17.7. The number of benzene rings is 2. The van der Waals surface area contributed by atoms with Crippen LogP contribution in [0.15, 0.2) is 60.8 Å². The first-order chi connectivity index (χ1) is 16.5. The number of amides is 1. The second-order valence-corrected chi connectivity index (χ2v) is 8.88. The minimum absolute atomic E-state index is 0.00190. The van der Waals surface area contributed by atoms with Gasteiger partial charge in [-0.25, -0.2) is 4.98 Å². The monoisotopic (exact) mass is 468 g/mol. The molecule has 1 aliphatic rings. The summed E-state index contributed by atoms with van der Waals surface area (Å²) in [5.74, 6) is 0.850. The fourth-order valence-electron chi connectivity index (χ4n) is 4.29. The second kappa shape index (κ2) is 9.20. The van der Waals surface area contributed by atoms with Crippen molar-refractivity contribution in [3.63, 3.8) is 0 Å². The first kappa shape index (κ1) is 22.0. The quantitative estimate of drug-likeness (QED) is 0.465. The zero-order valence-corrected chi connectivity index (χ0v) is 19.5. The van der Waals surface area contributed by atoms with Crippen LogP contribution in [0.25, 0.3) is 16.9 Å². The fourth-order valence-corrected chi connectivity index (χ4v) is 4.52. The molecule has 9 heteroatoms. The molecule has 7 nitrogen and oxygen atoms in total. The summed E-state index contributed by atoms with van der Waals surface area (Å²) in [7, 11) is 1.99. The van der Waals surface area contributed by atoms with E-state index in [0.29, 0.717) is 29.2 Å². The van der Waals surface area contributed by atoms with Crippen molar-refractivity contribution in [2.24, 2.45) is 0 Å². The topological polar surface area (TPSA) is 86.3 Å². The van der Waals surface area contributed by atoms with Crippen LogP contribution in [0.4, 0.5) is 5.82 Å². The Balaban J connectivity index is 1.34. The van der Waals surface area contributed by atoms with Crippen LogP contribution in [0.5, 0.6) is 0 Å². The van der Waals surface area contributed by atoms with Crippen molar-refractivity contribution in [1.29, 1.82) is 5.26 Å². The van der Waals surface area contributed by atoms with Crippen molar-refractivity contribution >= 4 is 42.3 Å². The zero-order valence-electron chi connectivity index (χ0n) is 18.7. The number of fused-ring (bicyclic) bond motifs is 1. The highest BCUT2D eigenvalue weighted by molar-refractivity contribution is 6.36. The van der Waals surface area contributed by atoms with Gasteiger partial charge in [0.2, 0.25) is 0 Å². The number of likely N-dealkylation sites (tertiary alicyclic amines) is 1. The lowest BCUT2D eigenvalue weighted by molar-refractivity contribution is 0.0718. The number of halogens is 1. The first-order valence-corrected chi connectivity index (χ1v) is 11.6. The molecule has 1 amide bonds. The molecule has 0 spiro atoms. The lowest BCUT2D eigenvalue weighted by Gasteiger charge is -2.33. The Morgan fingerprint density at radius 2 is 1.88 bits per heavy atom. The number of nitrogens with zero attached hydrogens (tertiary/aromatic N) is 5. The van der Waals surface area contributed by atoms with Crippen LogP contribution in [-0.4, -0.2) is 52.4 Å². The third-order valence-electron chi connectivity index (χ3n) is 6.19. The summed E-state index contributed by atoms with van der Waals surface area (Å²) >= 11 is 6.44. The van der Waals surface area contributed by atoms with E-state index in [9.17, 15) is 4.79 Å². The van der Waals surface area contributed by atoms with Gasteiger partial charge in [-0.05, 0) is 48.6 Å². The molecule has 0 saturated carbocycles. The van der Waals surface area contributed by atoms with Crippen molar-refractivity contribution in [3.8, 4) is 17.3 Å². The van der Waals surface area contributed by atoms with Gasteiger partial charge in [0.15, 0.2) is 5.65 Å². The molecule has 2 aromatic carbocycles. The Kier molecular flexibility index (Phi) is 5.95. The van der Waals surface area contributed by atoms with Crippen molar-refractivity contribution in [2.75, 3.05) is 18.4 Å². The maximum Gasteiger partial charge on any atom is 0.253 e. The van der Waals surface area contributed by atoms with E-state index in [4.69, 9.17) is 21.8 Å². The standard InChI is InChI=1S/C25H22BClN6O/c26-20-15-29-33-23(13-22(31-24(20)33)19-3-1-2-4-21(19)27)30-18-9-11-32(12-10-18)25(34)17-7-5-16(14-28)6-8-17/h1-8,13,15,18,30H,9-12,26H2. The summed E-state index contributed by atoms with van der Waals surface area (Å²) < 4.78 is 1.82. The first-order valence-electron chi connectivity index (χ1n) is 11.2. The molecular weight excluding hydrogens is 447 g/mol. The maximum absolute atomic E-state index is 12.9. The minimum Gasteiger partial charge on any atom is -0.367 e. The highest BCUT2D eigenvalue weighted by Gasteiger charge is 2.24. The van der Waals surface area contributed by atoms with E-state index >= 15 is 0 Å². The molecule has 1 saturated heterocycles. The smallest absolute Gasteiger partial charge is 0.253 e. The van der Waals surface area contributed by atoms with Crippen molar-refractivity contribution in [3.05, 3.63) is 76.9 Å². The van der Waals surface area contributed by atoms with Gasteiger partial charge in [-0.1, -0.05) is 29.8 Å². The summed E-state index contributed by atoms with van der Waals surface area (Å²) in [4.78, 5) is 19.5. The number of hydrogen-bond donors (Lipinski definition) is 1. The number of nitriles is 1. The molecule has 1 aliphatic heterocycles. The molecule has 0 aliphatic carbocycles. The van der Waals surface area contributed by atoms with Crippen LogP contribution in [0.3, 0.4) is 0 Å². The highest BCUT2D eigenvalue weighted by Crippen LogP contribution is 2.29. The summed E-state index contributed by atoms with van der Waals surface area (Å²) in [6.07, 6.45) is 3.43. The minimum atomic E-state index is -0.00190. The Hall–Kier alpha value is -3.83. The van der Waals surface area contributed by atoms with Gasteiger partial charge in [-0.3, -0.25) is 4.79 Å². The van der Waals surface area contributed by atoms with Crippen LogP contribution in [0.1, 0.15) is 28.8 Å². The van der Waals surface area contributed by atoms with Gasteiger partial charge in [0.05, 0.1) is 17.3 Å². The van der Waals surface area contributed by atoms with E-state index in [1.165, 1.54) is 0 Å². The molecule has 2 aromatic heterocycles. The average Bonchev–Trinajstić information content (AvgIpc) is 3.25. The zero-order chi connectivity index (χ0) is 23.7. The third-order valence-corrected chi connectivity index (χ3v) is 6.52. The number of anilines is 1. The lowest BCUT2D eigenvalue weighted by Crippen LogP contribution is -2.42. The van der Waals surface area contributed by atoms with Crippen LogP contribution in [-0.2, 0) is 0 Å². The van der Waals surface area contributed by atoms with Gasteiger partial charge in [-0.2, -0.15) is 14.9 Å². The molecule has 4 aromatic rings. The maximum atomic E-state index is 12.9. The van der Waals surface area contributed by atoms with Gasteiger partial charge in [0, 0.05) is 47.5 Å². The van der Waals surface area contributed by atoms with Crippen molar-refractivity contribution in [2.45, 2.75) is 18.9 Å². The Morgan fingerprint density at radius 1 is 1.15 bits per heavy atom. The largest absolute Gasteiger partial charge is 0.367 e. The molecule has 0 bridgehead atoms. The molecule has 1 fully saturated rings. The molecular formula is C25H22BClN6O. The van der Waals surface area contributed by atoms with Crippen LogP contribution >= 0.6 is 11.6 Å². The van der Waals surface area contributed by atoms with E-state index in [2.05, 4.69) is 16.5 Å². The average molecular weight is 469 g/mol. The molecule has 3 heterocycles. The van der Waals surface area contributed by atoms with Crippen LogP contribution in [0.2, 0.25) is 5.02 Å². The number of aromatic nitrogens is 3. The number of rotatable bonds is 4. The number of nitrogens with one attached hydrogen (secondary N) is 1. The molecule has 5 rings (SSSR count). The molecule has 0 atom stereocenters. The van der Waals surface area contributed by atoms with Gasteiger partial charge in [0.1, 0.15) is 13.7 Å². The number of carbonyl (C=O) groups is 1. The van der Waals surface area contributed by atoms with E-state index in [1.54, 1.807) is 24.3 Å². The number of carbonyl (C=O) groups excluding carboxylic acids is 1. The van der Waals surface area contributed by atoms with E-state index in [0.717, 1.165) is 41.0 Å². The lowest BCUT2D eigenvalue weighted by atomic mass is 10.0. The van der Waals surface area contributed by atoms with Gasteiger partial charge in [-0.15, -0.1) is 0 Å².